The van der Waals surface area contributed by atoms with Gasteiger partial charge in [0.2, 0.25) is 5.88 Å². The SMILES string of the molecule is COc1cc(I)c(OCC(Cc2ccc(Cl)cc2Br)C(F)(F)F)cn1. The Hall–Kier alpha value is -0.740. The number of pyridine rings is 1. The van der Waals surface area contributed by atoms with Crippen molar-refractivity contribution in [1.82, 2.24) is 4.98 Å². The zero-order valence-corrected chi connectivity index (χ0v) is 17.4. The molecule has 0 bridgehead atoms. The lowest BCUT2D eigenvalue weighted by Crippen LogP contribution is -2.31. The lowest BCUT2D eigenvalue weighted by Gasteiger charge is -2.21. The molecule has 2 aromatic rings. The lowest BCUT2D eigenvalue weighted by atomic mass is 9.99. The van der Waals surface area contributed by atoms with Crippen LogP contribution in [-0.4, -0.2) is 24.9 Å². The van der Waals surface area contributed by atoms with Crippen LogP contribution in [0, 0.1) is 9.49 Å². The number of methoxy groups -OCH3 is 1. The number of rotatable bonds is 6. The summed E-state index contributed by atoms with van der Waals surface area (Å²) in [5, 5.41) is 0.453. The maximum atomic E-state index is 13.4. The maximum Gasteiger partial charge on any atom is 0.395 e. The minimum Gasteiger partial charge on any atom is -0.490 e. The first kappa shape index (κ1) is 20.6. The topological polar surface area (TPSA) is 31.4 Å². The molecule has 0 saturated carbocycles. The molecule has 0 aliphatic rings. The second kappa shape index (κ2) is 8.77. The Kier molecular flexibility index (Phi) is 7.21. The van der Waals surface area contributed by atoms with Gasteiger partial charge in [0.1, 0.15) is 6.61 Å². The van der Waals surface area contributed by atoms with Gasteiger partial charge in [-0.05, 0) is 46.7 Å². The summed E-state index contributed by atoms with van der Waals surface area (Å²) in [5.41, 5.74) is 0.512. The van der Waals surface area contributed by atoms with Gasteiger partial charge in [-0.1, -0.05) is 33.6 Å². The van der Waals surface area contributed by atoms with Crippen LogP contribution >= 0.6 is 50.1 Å². The van der Waals surface area contributed by atoms with Gasteiger partial charge >= 0.3 is 6.18 Å². The number of ether oxygens (including phenoxy) is 2. The second-order valence-electron chi connectivity index (χ2n) is 5.15. The van der Waals surface area contributed by atoms with Crippen molar-refractivity contribution in [3.05, 3.63) is 49.1 Å². The average molecular weight is 551 g/mol. The Morgan fingerprint density at radius 2 is 2.04 bits per heavy atom. The van der Waals surface area contributed by atoms with E-state index in [0.29, 0.717) is 24.5 Å². The van der Waals surface area contributed by atoms with E-state index in [1.165, 1.54) is 13.3 Å². The van der Waals surface area contributed by atoms with Gasteiger partial charge in [-0.2, -0.15) is 13.2 Å². The van der Waals surface area contributed by atoms with Crippen LogP contribution in [0.1, 0.15) is 5.56 Å². The summed E-state index contributed by atoms with van der Waals surface area (Å²) in [5.74, 6) is -1.01. The van der Waals surface area contributed by atoms with E-state index in [1.807, 2.05) is 22.6 Å². The summed E-state index contributed by atoms with van der Waals surface area (Å²) in [4.78, 5) is 3.95. The third kappa shape index (κ3) is 5.89. The van der Waals surface area contributed by atoms with E-state index in [9.17, 15) is 13.2 Å². The molecule has 9 heteroatoms. The van der Waals surface area contributed by atoms with E-state index in [2.05, 4.69) is 20.9 Å². The molecule has 1 atom stereocenters. The van der Waals surface area contributed by atoms with E-state index < -0.39 is 18.7 Å². The van der Waals surface area contributed by atoms with E-state index in [1.54, 1.807) is 24.3 Å². The third-order valence-electron chi connectivity index (χ3n) is 3.39. The zero-order chi connectivity index (χ0) is 18.6. The number of nitrogens with zero attached hydrogens (tertiary/aromatic N) is 1. The molecule has 1 heterocycles. The van der Waals surface area contributed by atoms with Crippen LogP contribution in [0.2, 0.25) is 5.02 Å². The number of hydrogen-bond donors (Lipinski definition) is 0. The van der Waals surface area contributed by atoms with Gasteiger partial charge in [0.25, 0.3) is 0 Å². The quantitative estimate of drug-likeness (QED) is 0.419. The maximum absolute atomic E-state index is 13.4. The van der Waals surface area contributed by atoms with Crippen molar-refractivity contribution in [3.8, 4) is 11.6 Å². The van der Waals surface area contributed by atoms with Crippen LogP contribution < -0.4 is 9.47 Å². The highest BCUT2D eigenvalue weighted by molar-refractivity contribution is 14.1. The van der Waals surface area contributed by atoms with Gasteiger partial charge in [-0.15, -0.1) is 0 Å². The molecule has 3 nitrogen and oxygen atoms in total. The zero-order valence-electron chi connectivity index (χ0n) is 12.9. The van der Waals surface area contributed by atoms with E-state index >= 15 is 0 Å². The molecule has 0 spiro atoms. The Labute approximate surface area is 170 Å². The van der Waals surface area contributed by atoms with Crippen molar-refractivity contribution >= 4 is 50.1 Å². The standard InChI is InChI=1S/C16H13BrClF3INO2/c1-24-15-6-13(22)14(7-23-15)25-8-10(16(19,20)21)4-9-2-3-11(18)5-12(9)17/h2-3,5-7,10H,4,8H2,1H3. The summed E-state index contributed by atoms with van der Waals surface area (Å²) >= 11 is 11.0. The summed E-state index contributed by atoms with van der Waals surface area (Å²) in [6.45, 7) is -0.511. The fourth-order valence-electron chi connectivity index (χ4n) is 2.03. The van der Waals surface area contributed by atoms with Crippen molar-refractivity contribution in [1.29, 1.82) is 0 Å². The molecule has 0 aliphatic heterocycles. The molecule has 0 aliphatic carbocycles. The predicted octanol–water partition coefficient (Wildman–Crippen LogP) is 5.91. The number of halogens is 6. The molecule has 25 heavy (non-hydrogen) atoms. The van der Waals surface area contributed by atoms with Crippen molar-refractivity contribution in [2.75, 3.05) is 13.7 Å². The summed E-state index contributed by atoms with van der Waals surface area (Å²) in [6.07, 6.45) is -3.27. The van der Waals surface area contributed by atoms with E-state index in [0.717, 1.165) is 0 Å². The molecule has 0 fully saturated rings. The second-order valence-corrected chi connectivity index (χ2v) is 7.60. The van der Waals surface area contributed by atoms with Gasteiger partial charge in [-0.3, -0.25) is 0 Å². The molecule has 1 aromatic heterocycles. The molecule has 0 N–H and O–H groups in total. The minimum atomic E-state index is -4.40. The van der Waals surface area contributed by atoms with Gasteiger partial charge in [0.15, 0.2) is 5.75 Å². The highest BCUT2D eigenvalue weighted by Crippen LogP contribution is 2.33. The smallest absolute Gasteiger partial charge is 0.395 e. The molecule has 1 aromatic carbocycles. The molecule has 2 rings (SSSR count). The Morgan fingerprint density at radius 1 is 1.32 bits per heavy atom. The Bertz CT molecular complexity index is 746. The molecule has 0 radical (unpaired) electrons. The fourth-order valence-corrected chi connectivity index (χ4v) is 3.44. The fraction of sp³-hybridized carbons (Fsp3) is 0.312. The van der Waals surface area contributed by atoms with E-state index in [4.69, 9.17) is 21.1 Å². The number of hydrogen-bond acceptors (Lipinski definition) is 3. The van der Waals surface area contributed by atoms with Crippen LogP contribution in [0.15, 0.2) is 34.9 Å². The summed E-state index contributed by atoms with van der Waals surface area (Å²) < 4.78 is 51.6. The van der Waals surface area contributed by atoms with Gasteiger partial charge in [0.05, 0.1) is 22.8 Å². The lowest BCUT2D eigenvalue weighted by molar-refractivity contribution is -0.181. The van der Waals surface area contributed by atoms with Crippen LogP contribution in [0.5, 0.6) is 11.6 Å². The first-order valence-electron chi connectivity index (χ1n) is 7.03. The van der Waals surface area contributed by atoms with Crippen LogP contribution in [0.4, 0.5) is 13.2 Å². The Balaban J connectivity index is 2.13. The Morgan fingerprint density at radius 3 is 2.60 bits per heavy atom. The minimum absolute atomic E-state index is 0.221. The van der Waals surface area contributed by atoms with Gasteiger partial charge < -0.3 is 9.47 Å². The first-order chi connectivity index (χ1) is 11.7. The van der Waals surface area contributed by atoms with Crippen LogP contribution in [0.3, 0.4) is 0 Å². The number of benzene rings is 1. The van der Waals surface area contributed by atoms with Crippen LogP contribution in [0.25, 0.3) is 0 Å². The van der Waals surface area contributed by atoms with Gasteiger partial charge in [0, 0.05) is 15.6 Å². The van der Waals surface area contributed by atoms with Crippen LogP contribution in [-0.2, 0) is 6.42 Å². The monoisotopic (exact) mass is 549 g/mol. The average Bonchev–Trinajstić information content (AvgIpc) is 2.53. The highest BCUT2D eigenvalue weighted by atomic mass is 127. The molecular weight excluding hydrogens is 537 g/mol. The first-order valence-corrected chi connectivity index (χ1v) is 9.28. The number of aromatic nitrogens is 1. The number of alkyl halides is 3. The largest absolute Gasteiger partial charge is 0.490 e. The molecule has 1 unspecified atom stereocenters. The molecule has 0 saturated heterocycles. The molecule has 0 amide bonds. The van der Waals surface area contributed by atoms with Gasteiger partial charge in [-0.25, -0.2) is 4.98 Å². The predicted molar refractivity (Wildman–Crippen MR) is 101 cm³/mol. The van der Waals surface area contributed by atoms with E-state index in [-0.39, 0.29) is 12.2 Å². The van der Waals surface area contributed by atoms with Crippen molar-refractivity contribution in [2.24, 2.45) is 5.92 Å². The van der Waals surface area contributed by atoms with Crippen molar-refractivity contribution in [2.45, 2.75) is 12.6 Å². The molecule has 136 valence electrons. The third-order valence-corrected chi connectivity index (χ3v) is 5.20. The van der Waals surface area contributed by atoms with Crippen molar-refractivity contribution in [3.63, 3.8) is 0 Å². The normalized spacial score (nSPS) is 12.8. The highest BCUT2D eigenvalue weighted by Gasteiger charge is 2.40. The summed E-state index contributed by atoms with van der Waals surface area (Å²) in [7, 11) is 1.46. The molecular formula is C16H13BrClF3INO2. The summed E-state index contributed by atoms with van der Waals surface area (Å²) in [6, 6.07) is 6.30. The van der Waals surface area contributed by atoms with Crippen molar-refractivity contribution < 1.29 is 22.6 Å².